The second-order valence-corrected chi connectivity index (χ2v) is 3.81. The van der Waals surface area contributed by atoms with E-state index in [1.54, 1.807) is 0 Å². The number of hydrogen-bond acceptors (Lipinski definition) is 3. The summed E-state index contributed by atoms with van der Waals surface area (Å²) < 4.78 is 0. The Balaban J connectivity index is 2.32. The summed E-state index contributed by atoms with van der Waals surface area (Å²) in [5, 5.41) is 2.50. The molecule has 14 heavy (non-hydrogen) atoms. The number of rotatable bonds is 3. The third kappa shape index (κ3) is 3.33. The van der Waals surface area contributed by atoms with Gasteiger partial charge < -0.3 is 16.8 Å². The van der Waals surface area contributed by atoms with Crippen LogP contribution >= 0.6 is 0 Å². The molecule has 1 fully saturated rings. The molecule has 80 valence electrons. The average molecular weight is 199 g/mol. The lowest BCUT2D eigenvalue weighted by atomic mass is 9.85. The van der Waals surface area contributed by atoms with Crippen molar-refractivity contribution in [1.82, 2.24) is 5.32 Å². The molecule has 0 bridgehead atoms. The Morgan fingerprint density at radius 2 is 2.07 bits per heavy atom. The summed E-state index contributed by atoms with van der Waals surface area (Å²) >= 11 is 0. The van der Waals surface area contributed by atoms with Gasteiger partial charge in [-0.2, -0.15) is 0 Å². The van der Waals surface area contributed by atoms with Gasteiger partial charge in [0.15, 0.2) is 0 Å². The van der Waals surface area contributed by atoms with E-state index in [1.807, 2.05) is 0 Å². The van der Waals surface area contributed by atoms with Crippen molar-refractivity contribution in [3.8, 4) is 0 Å². The van der Waals surface area contributed by atoms with Crippen LogP contribution in [0, 0.1) is 5.92 Å². The molecule has 0 aromatic rings. The minimum absolute atomic E-state index is 0.0434. The van der Waals surface area contributed by atoms with E-state index < -0.39 is 5.91 Å². The van der Waals surface area contributed by atoms with Crippen molar-refractivity contribution < 1.29 is 9.59 Å². The monoisotopic (exact) mass is 199 g/mol. The van der Waals surface area contributed by atoms with Gasteiger partial charge in [-0.15, -0.1) is 0 Å². The maximum Gasteiger partial charge on any atom is 0.236 e. The van der Waals surface area contributed by atoms with Crippen LogP contribution in [0.25, 0.3) is 0 Å². The first-order valence-corrected chi connectivity index (χ1v) is 4.91. The highest BCUT2D eigenvalue weighted by Crippen LogP contribution is 2.22. The molecule has 0 radical (unpaired) electrons. The zero-order valence-corrected chi connectivity index (χ0v) is 8.16. The molecule has 2 atom stereocenters. The van der Waals surface area contributed by atoms with Gasteiger partial charge in [-0.05, 0) is 19.3 Å². The summed E-state index contributed by atoms with van der Waals surface area (Å²) in [5.74, 6) is -0.657. The van der Waals surface area contributed by atoms with Crippen molar-refractivity contribution >= 4 is 11.8 Å². The summed E-state index contributed by atoms with van der Waals surface area (Å²) in [6, 6.07) is 0.119. The average Bonchev–Trinajstić information content (AvgIpc) is 2.14. The van der Waals surface area contributed by atoms with Gasteiger partial charge in [0, 0.05) is 12.0 Å². The Morgan fingerprint density at radius 3 is 2.64 bits per heavy atom. The van der Waals surface area contributed by atoms with Gasteiger partial charge in [-0.3, -0.25) is 9.59 Å². The van der Waals surface area contributed by atoms with Crippen LogP contribution in [0.3, 0.4) is 0 Å². The molecule has 2 unspecified atom stereocenters. The molecular weight excluding hydrogens is 182 g/mol. The smallest absolute Gasteiger partial charge is 0.236 e. The first kappa shape index (κ1) is 11.0. The Morgan fingerprint density at radius 1 is 1.36 bits per heavy atom. The molecule has 0 aromatic heterocycles. The van der Waals surface area contributed by atoms with Gasteiger partial charge in [-0.1, -0.05) is 6.42 Å². The van der Waals surface area contributed by atoms with Crippen molar-refractivity contribution in [2.24, 2.45) is 17.4 Å². The van der Waals surface area contributed by atoms with Crippen LogP contribution in [-0.2, 0) is 9.59 Å². The third-order valence-corrected chi connectivity index (χ3v) is 2.52. The number of primary amides is 1. The Kier molecular flexibility index (Phi) is 3.88. The zero-order valence-electron chi connectivity index (χ0n) is 8.16. The largest absolute Gasteiger partial charge is 0.368 e. The minimum Gasteiger partial charge on any atom is -0.368 e. The van der Waals surface area contributed by atoms with Crippen molar-refractivity contribution in [2.45, 2.75) is 31.7 Å². The first-order chi connectivity index (χ1) is 6.59. The van der Waals surface area contributed by atoms with E-state index in [9.17, 15) is 9.59 Å². The standard InChI is InChI=1S/C9H17N3O2/c10-7-3-1-2-6(4-7)9(14)12-5-8(11)13/h6-7H,1-5,10H2,(H2,11,13)(H,12,14). The fourth-order valence-electron chi connectivity index (χ4n) is 1.78. The predicted molar refractivity (Wildman–Crippen MR) is 52.1 cm³/mol. The quantitative estimate of drug-likeness (QED) is 0.549. The van der Waals surface area contributed by atoms with E-state index in [-0.39, 0.29) is 24.4 Å². The van der Waals surface area contributed by atoms with Gasteiger partial charge in [0.05, 0.1) is 6.54 Å². The van der Waals surface area contributed by atoms with E-state index in [2.05, 4.69) is 5.32 Å². The predicted octanol–water partition coefficient (Wildman–Crippen LogP) is -0.895. The van der Waals surface area contributed by atoms with Crippen LogP contribution in [0.2, 0.25) is 0 Å². The summed E-state index contributed by atoms with van der Waals surface area (Å²) in [7, 11) is 0. The Bertz CT molecular complexity index is 230. The molecule has 2 amide bonds. The maximum absolute atomic E-state index is 11.5. The lowest BCUT2D eigenvalue weighted by molar-refractivity contribution is -0.128. The molecule has 5 N–H and O–H groups in total. The van der Waals surface area contributed by atoms with Crippen LogP contribution < -0.4 is 16.8 Å². The summed E-state index contributed by atoms with van der Waals surface area (Å²) in [6.07, 6.45) is 3.54. The second kappa shape index (κ2) is 4.95. The van der Waals surface area contributed by atoms with Gasteiger partial charge in [0.1, 0.15) is 0 Å². The van der Waals surface area contributed by atoms with Crippen LogP contribution in [0.4, 0.5) is 0 Å². The van der Waals surface area contributed by atoms with E-state index >= 15 is 0 Å². The first-order valence-electron chi connectivity index (χ1n) is 4.91. The van der Waals surface area contributed by atoms with Crippen molar-refractivity contribution in [1.29, 1.82) is 0 Å². The number of amides is 2. The molecule has 1 saturated carbocycles. The molecule has 0 saturated heterocycles. The molecule has 0 aliphatic heterocycles. The fraction of sp³-hybridized carbons (Fsp3) is 0.778. The minimum atomic E-state index is -0.515. The highest BCUT2D eigenvalue weighted by atomic mass is 16.2. The molecule has 5 nitrogen and oxygen atoms in total. The Hall–Kier alpha value is -1.10. The molecule has 1 aliphatic carbocycles. The van der Waals surface area contributed by atoms with Gasteiger partial charge >= 0.3 is 0 Å². The number of carbonyl (C=O) groups excluding carboxylic acids is 2. The van der Waals surface area contributed by atoms with Crippen LogP contribution in [-0.4, -0.2) is 24.4 Å². The van der Waals surface area contributed by atoms with E-state index in [1.165, 1.54) is 0 Å². The topological polar surface area (TPSA) is 98.2 Å². The Labute approximate surface area is 83.2 Å². The summed E-state index contributed by atoms with van der Waals surface area (Å²) in [5.41, 5.74) is 10.7. The second-order valence-electron chi connectivity index (χ2n) is 3.81. The van der Waals surface area contributed by atoms with Crippen molar-refractivity contribution in [2.75, 3.05) is 6.54 Å². The number of carbonyl (C=O) groups is 2. The molecular formula is C9H17N3O2. The van der Waals surface area contributed by atoms with E-state index in [4.69, 9.17) is 11.5 Å². The van der Waals surface area contributed by atoms with Gasteiger partial charge in [0.25, 0.3) is 0 Å². The molecule has 1 rings (SSSR count). The van der Waals surface area contributed by atoms with Crippen molar-refractivity contribution in [3.05, 3.63) is 0 Å². The van der Waals surface area contributed by atoms with Crippen LogP contribution in [0.5, 0.6) is 0 Å². The summed E-state index contributed by atoms with van der Waals surface area (Å²) in [6.45, 7) is -0.0788. The third-order valence-electron chi connectivity index (χ3n) is 2.52. The highest BCUT2D eigenvalue weighted by molar-refractivity contribution is 5.84. The zero-order chi connectivity index (χ0) is 10.6. The van der Waals surface area contributed by atoms with E-state index in [0.717, 1.165) is 19.3 Å². The number of nitrogens with one attached hydrogen (secondary N) is 1. The van der Waals surface area contributed by atoms with Crippen LogP contribution in [0.1, 0.15) is 25.7 Å². The van der Waals surface area contributed by atoms with Gasteiger partial charge in [-0.25, -0.2) is 0 Å². The molecule has 0 heterocycles. The number of hydrogen-bond donors (Lipinski definition) is 3. The maximum atomic E-state index is 11.5. The molecule has 0 spiro atoms. The number of nitrogens with two attached hydrogens (primary N) is 2. The molecule has 5 heteroatoms. The van der Waals surface area contributed by atoms with E-state index in [0.29, 0.717) is 6.42 Å². The van der Waals surface area contributed by atoms with Crippen molar-refractivity contribution in [3.63, 3.8) is 0 Å². The lowest BCUT2D eigenvalue weighted by Crippen LogP contribution is -2.40. The normalized spacial score (nSPS) is 26.9. The molecule has 1 aliphatic rings. The SMILES string of the molecule is NC(=O)CNC(=O)C1CCCC(N)C1. The fourth-order valence-corrected chi connectivity index (χ4v) is 1.78. The van der Waals surface area contributed by atoms with Gasteiger partial charge in [0.2, 0.25) is 11.8 Å². The summed E-state index contributed by atoms with van der Waals surface area (Å²) in [4.78, 5) is 21.9. The van der Waals surface area contributed by atoms with Crippen LogP contribution in [0.15, 0.2) is 0 Å². The molecule has 0 aromatic carbocycles. The highest BCUT2D eigenvalue weighted by Gasteiger charge is 2.25. The lowest BCUT2D eigenvalue weighted by Gasteiger charge is -2.25.